The molecule has 1 aromatic heterocycles. The van der Waals surface area contributed by atoms with Gasteiger partial charge in [-0.3, -0.25) is 39.6 Å². The summed E-state index contributed by atoms with van der Waals surface area (Å²) in [6.07, 6.45) is -1.38. The minimum absolute atomic E-state index is 0.287. The molecule has 6 aliphatic rings. The van der Waals surface area contributed by atoms with Gasteiger partial charge in [-0.25, -0.2) is 14.0 Å². The normalized spacial score (nSPS) is 27.9. The lowest BCUT2D eigenvalue weighted by Crippen LogP contribution is -2.70. The highest BCUT2D eigenvalue weighted by atomic mass is 79.9. The molecule has 0 radical (unpaired) electrons. The van der Waals surface area contributed by atoms with Crippen LogP contribution in [0.2, 0.25) is 0 Å². The molecule has 2 saturated heterocycles. The molecule has 3 heterocycles. The number of amides is 6. The number of carbonyl (C=O) groups excluding carboxylic acids is 4. The van der Waals surface area contributed by atoms with Gasteiger partial charge in [-0.2, -0.15) is 0 Å². The maximum Gasteiger partial charge on any atom is 0.411 e. The van der Waals surface area contributed by atoms with E-state index in [4.69, 9.17) is 11.5 Å². The molecular formula is C46H49BrFN7O8. The van der Waals surface area contributed by atoms with Gasteiger partial charge in [-0.05, 0) is 101 Å². The number of nitrogens with one attached hydrogen (secondary N) is 2. The number of fused-ring (bicyclic) bond motifs is 6. The van der Waals surface area contributed by atoms with Gasteiger partial charge in [0, 0.05) is 52.1 Å². The third-order valence-electron chi connectivity index (χ3n) is 14.8. The van der Waals surface area contributed by atoms with Crippen molar-refractivity contribution in [1.29, 1.82) is 0 Å². The number of primary amides is 2. The van der Waals surface area contributed by atoms with Crippen LogP contribution in [0.1, 0.15) is 104 Å². The van der Waals surface area contributed by atoms with Crippen LogP contribution in [0.25, 0.3) is 5.69 Å². The summed E-state index contributed by atoms with van der Waals surface area (Å²) in [5.41, 5.74) is 10.5. The fraction of sp³-hybridized carbons (Fsp3) is 0.391. The van der Waals surface area contributed by atoms with E-state index in [1.165, 1.54) is 12.1 Å². The Morgan fingerprint density at radius 3 is 1.71 bits per heavy atom. The average Bonchev–Trinajstić information content (AvgIpc) is 3.96. The Labute approximate surface area is 371 Å². The minimum Gasteiger partial charge on any atom is -0.465 e. The first kappa shape index (κ1) is 43.7. The van der Waals surface area contributed by atoms with Gasteiger partial charge >= 0.3 is 12.2 Å². The molecule has 6 amide bonds. The van der Waals surface area contributed by atoms with Gasteiger partial charge in [-0.1, -0.05) is 69.3 Å². The second-order valence-electron chi connectivity index (χ2n) is 17.6. The zero-order valence-electron chi connectivity index (χ0n) is 35.2. The fourth-order valence-corrected chi connectivity index (χ4v) is 12.7. The maximum atomic E-state index is 15.0. The highest BCUT2D eigenvalue weighted by Gasteiger charge is 2.67. The summed E-state index contributed by atoms with van der Waals surface area (Å²) in [4.78, 5) is 84.8. The van der Waals surface area contributed by atoms with Crippen LogP contribution >= 0.6 is 15.9 Å². The number of likely N-dealkylation sites (tertiary alicyclic amines) is 2. The molecule has 2 aliphatic heterocycles. The number of benzene rings is 3. The van der Waals surface area contributed by atoms with E-state index in [0.717, 1.165) is 5.56 Å². The lowest BCUT2D eigenvalue weighted by atomic mass is 9.53. The predicted octanol–water partition coefficient (Wildman–Crippen LogP) is 5.88. The number of carboxylic acid groups (broad SMARTS) is 2. The molecule has 7 atom stereocenters. The third-order valence-corrected chi connectivity index (χ3v) is 15.8. The van der Waals surface area contributed by atoms with E-state index in [0.29, 0.717) is 82.6 Å². The first-order chi connectivity index (χ1) is 29.8. The summed E-state index contributed by atoms with van der Waals surface area (Å²) in [5, 5.41) is 24.4. The van der Waals surface area contributed by atoms with Gasteiger partial charge in [-0.15, -0.1) is 0 Å². The Balaban J connectivity index is 1.40. The van der Waals surface area contributed by atoms with E-state index in [9.17, 15) is 43.4 Å². The Hall–Kier alpha value is -5.91. The highest BCUT2D eigenvalue weighted by molar-refractivity contribution is 9.10. The first-order valence-corrected chi connectivity index (χ1v) is 21.7. The molecule has 10 rings (SSSR count). The van der Waals surface area contributed by atoms with Gasteiger partial charge < -0.3 is 26.2 Å². The van der Waals surface area contributed by atoms with Crippen LogP contribution < -0.4 is 22.1 Å². The molecule has 0 spiro atoms. The van der Waals surface area contributed by atoms with Crippen LogP contribution in [-0.4, -0.2) is 73.5 Å². The number of aromatic nitrogens is 1. The molecule has 2 fully saturated rings. The number of halogens is 2. The Kier molecular flexibility index (Phi) is 10.7. The summed E-state index contributed by atoms with van der Waals surface area (Å²) < 4.78 is 17.5. The fourth-order valence-electron chi connectivity index (χ4n) is 12.1. The van der Waals surface area contributed by atoms with Crippen LogP contribution in [0.4, 0.5) is 14.0 Å². The summed E-state index contributed by atoms with van der Waals surface area (Å²) in [6, 6.07) is 18.9. The zero-order valence-corrected chi connectivity index (χ0v) is 36.8. The first-order valence-electron chi connectivity index (χ1n) is 20.9. The van der Waals surface area contributed by atoms with Crippen molar-refractivity contribution in [1.82, 2.24) is 25.0 Å². The Morgan fingerprint density at radius 2 is 1.21 bits per heavy atom. The van der Waals surface area contributed by atoms with Crippen molar-refractivity contribution in [2.45, 2.75) is 93.8 Å². The van der Waals surface area contributed by atoms with E-state index in [2.05, 4.69) is 26.6 Å². The number of rotatable bonds is 11. The molecule has 17 heteroatoms. The minimum atomic E-state index is -1.78. The predicted molar refractivity (Wildman–Crippen MR) is 231 cm³/mol. The van der Waals surface area contributed by atoms with Gasteiger partial charge in [0.2, 0.25) is 11.8 Å². The summed E-state index contributed by atoms with van der Waals surface area (Å²) in [7, 11) is 0. The second kappa shape index (κ2) is 15.4. The largest absolute Gasteiger partial charge is 0.465 e. The van der Waals surface area contributed by atoms with Crippen molar-refractivity contribution in [2.24, 2.45) is 17.4 Å². The molecule has 4 aliphatic carbocycles. The van der Waals surface area contributed by atoms with Crippen LogP contribution in [0.3, 0.4) is 0 Å². The third kappa shape index (κ3) is 6.02. The molecule has 4 bridgehead atoms. The molecule has 3 aromatic carbocycles. The van der Waals surface area contributed by atoms with Crippen LogP contribution in [0.15, 0.2) is 77.3 Å². The number of carbonyl (C=O) groups is 6. The monoisotopic (exact) mass is 925 g/mol. The van der Waals surface area contributed by atoms with Crippen molar-refractivity contribution >= 4 is 51.7 Å². The van der Waals surface area contributed by atoms with Crippen molar-refractivity contribution in [3.05, 3.63) is 122 Å². The SMILES string of the molecule is Cc1c(Br)c(C2CCCN2[C@@]2(C(=O)NC(=O)O)c3ccc(cc3)C2(C)C(C)C(N)=O)n(-c2ccc(F)cc2)c1C1CCCN1[C@@]1(C(=O)NC(=O)O)c2ccc(cc2)C1(C)CC(N)=O. The van der Waals surface area contributed by atoms with E-state index >= 15 is 0 Å². The Morgan fingerprint density at radius 1 is 0.746 bits per heavy atom. The van der Waals surface area contributed by atoms with E-state index in [1.54, 1.807) is 57.2 Å². The van der Waals surface area contributed by atoms with Crippen LogP contribution in [0.5, 0.6) is 0 Å². The zero-order chi connectivity index (χ0) is 45.6. The number of imide groups is 2. The van der Waals surface area contributed by atoms with Gasteiger partial charge in [0.25, 0.3) is 11.8 Å². The quantitative estimate of drug-likeness (QED) is 0.105. The molecule has 5 unspecified atom stereocenters. The van der Waals surface area contributed by atoms with Crippen molar-refractivity contribution in [2.75, 3.05) is 13.1 Å². The van der Waals surface area contributed by atoms with E-state index < -0.39 is 81.5 Å². The second-order valence-corrected chi connectivity index (χ2v) is 18.4. The van der Waals surface area contributed by atoms with E-state index in [-0.39, 0.29) is 6.42 Å². The topological polar surface area (TPSA) is 230 Å². The number of nitrogens with zero attached hydrogens (tertiary/aromatic N) is 3. The molecular weight excluding hydrogens is 877 g/mol. The van der Waals surface area contributed by atoms with Gasteiger partial charge in [0.15, 0.2) is 0 Å². The number of hydrogen-bond acceptors (Lipinski definition) is 8. The van der Waals surface area contributed by atoms with Gasteiger partial charge in [0.05, 0.1) is 17.8 Å². The van der Waals surface area contributed by atoms with Gasteiger partial charge in [0.1, 0.15) is 16.9 Å². The van der Waals surface area contributed by atoms with Crippen molar-refractivity contribution in [3.8, 4) is 5.69 Å². The van der Waals surface area contributed by atoms with Crippen molar-refractivity contribution < 1.29 is 43.4 Å². The summed E-state index contributed by atoms with van der Waals surface area (Å²) >= 11 is 3.97. The average molecular weight is 927 g/mol. The highest BCUT2D eigenvalue weighted by Crippen LogP contribution is 2.61. The molecule has 330 valence electrons. The number of nitrogens with two attached hydrogens (primary N) is 2. The molecule has 8 N–H and O–H groups in total. The Bertz CT molecular complexity index is 2590. The van der Waals surface area contributed by atoms with Crippen LogP contribution in [0, 0.1) is 18.7 Å². The van der Waals surface area contributed by atoms with Crippen molar-refractivity contribution in [3.63, 3.8) is 0 Å². The molecule has 15 nitrogen and oxygen atoms in total. The summed E-state index contributed by atoms with van der Waals surface area (Å²) in [6.45, 7) is 7.67. The maximum absolute atomic E-state index is 15.0. The lowest BCUT2D eigenvalue weighted by Gasteiger charge is -2.58. The summed E-state index contributed by atoms with van der Waals surface area (Å²) in [5.74, 6) is -4.52. The molecule has 0 saturated carbocycles. The number of hydrogen-bond donors (Lipinski definition) is 6. The van der Waals surface area contributed by atoms with Crippen LogP contribution in [-0.2, 0) is 41.1 Å². The smallest absolute Gasteiger partial charge is 0.411 e. The standard InChI is InChI=1S/C46H49BrFN7O8/c1-24-35(47)37(33-8-6-22-54(33)46(40(59)52-42(62)63)29-15-11-27(12-16-29)44(46,4)25(2)38(50)57)55(31-19-17-30(48)18-20-31)36(24)32-7-5-21-53(32)45(39(58)51-41(60)61)28-13-9-26(10-14-28)43(45,3)23-34(49)56/h9-20,25,32-33H,5-8,21-23H2,1-4H3,(H2,49,56)(H2,50,57)(H,51,58)(H,52,59)(H,60,61)(H,62,63)/t25?,32?,33?,43?,44?,45-,46-/m1/s1. The van der Waals surface area contributed by atoms with E-state index in [1.807, 2.05) is 45.6 Å². The molecule has 63 heavy (non-hydrogen) atoms. The lowest BCUT2D eigenvalue weighted by molar-refractivity contribution is -0.147. The molecule has 4 aromatic rings.